The molecule has 0 unspecified atom stereocenters. The Bertz CT molecular complexity index is 422. The first-order valence-corrected chi connectivity index (χ1v) is 5.73. The Hall–Kier alpha value is -1.47. The first-order valence-electron chi connectivity index (χ1n) is 5.20. The Kier molecular flexibility index (Phi) is 3.84. The molecule has 0 heterocycles. The number of ether oxygens (including phenoxy) is 1. The standard InChI is InChI=1S/C14H13ClO/c15-10-12-6-8-13(9-7-12)11-16-14-4-2-1-3-5-14/h1-9H,10-11H2. The van der Waals surface area contributed by atoms with E-state index in [-0.39, 0.29) is 0 Å². The lowest BCUT2D eigenvalue weighted by molar-refractivity contribution is 0.306. The van der Waals surface area contributed by atoms with Gasteiger partial charge in [-0.05, 0) is 23.3 Å². The quantitative estimate of drug-likeness (QED) is 0.724. The van der Waals surface area contributed by atoms with Crippen LogP contribution in [0.5, 0.6) is 5.75 Å². The van der Waals surface area contributed by atoms with Crippen molar-refractivity contribution >= 4 is 11.6 Å². The highest BCUT2D eigenvalue weighted by atomic mass is 35.5. The third kappa shape index (κ3) is 3.01. The molecule has 0 saturated heterocycles. The molecule has 0 aliphatic carbocycles. The van der Waals surface area contributed by atoms with Gasteiger partial charge >= 0.3 is 0 Å². The fraction of sp³-hybridized carbons (Fsp3) is 0.143. The largest absolute Gasteiger partial charge is 0.489 e. The first-order chi connectivity index (χ1) is 7.88. The Labute approximate surface area is 101 Å². The zero-order valence-corrected chi connectivity index (χ0v) is 9.65. The topological polar surface area (TPSA) is 9.23 Å². The monoisotopic (exact) mass is 232 g/mol. The van der Waals surface area contributed by atoms with E-state index in [1.54, 1.807) is 0 Å². The van der Waals surface area contributed by atoms with Crippen molar-refractivity contribution < 1.29 is 4.74 Å². The second kappa shape index (κ2) is 5.57. The number of halogens is 1. The summed E-state index contributed by atoms with van der Waals surface area (Å²) >= 11 is 5.72. The fourth-order valence-corrected chi connectivity index (χ4v) is 1.59. The molecule has 1 nitrogen and oxygen atoms in total. The van der Waals surface area contributed by atoms with E-state index in [9.17, 15) is 0 Å². The predicted octanol–water partition coefficient (Wildman–Crippen LogP) is 4.00. The minimum atomic E-state index is 0.555. The maximum absolute atomic E-state index is 5.72. The molecule has 2 aromatic carbocycles. The van der Waals surface area contributed by atoms with Gasteiger partial charge in [-0.25, -0.2) is 0 Å². The molecule has 0 aliphatic heterocycles. The van der Waals surface area contributed by atoms with Crippen molar-refractivity contribution in [3.8, 4) is 5.75 Å². The van der Waals surface area contributed by atoms with Crippen molar-refractivity contribution in [1.82, 2.24) is 0 Å². The highest BCUT2D eigenvalue weighted by molar-refractivity contribution is 6.17. The third-order valence-electron chi connectivity index (χ3n) is 2.33. The Morgan fingerprint density at radius 1 is 0.812 bits per heavy atom. The van der Waals surface area contributed by atoms with Crippen LogP contribution in [0.1, 0.15) is 11.1 Å². The van der Waals surface area contributed by atoms with Gasteiger partial charge in [-0.1, -0.05) is 42.5 Å². The van der Waals surface area contributed by atoms with E-state index in [2.05, 4.69) is 0 Å². The van der Waals surface area contributed by atoms with E-state index in [0.29, 0.717) is 12.5 Å². The molecular formula is C14H13ClO. The normalized spacial score (nSPS) is 10.1. The van der Waals surface area contributed by atoms with Crippen molar-refractivity contribution in [1.29, 1.82) is 0 Å². The van der Waals surface area contributed by atoms with Crippen LogP contribution in [0, 0.1) is 0 Å². The van der Waals surface area contributed by atoms with Crippen LogP contribution in [0.15, 0.2) is 54.6 Å². The lowest BCUT2D eigenvalue weighted by Gasteiger charge is -2.06. The maximum atomic E-state index is 5.72. The zero-order valence-electron chi connectivity index (χ0n) is 8.90. The summed E-state index contributed by atoms with van der Waals surface area (Å²) in [6, 6.07) is 17.9. The molecule has 0 fully saturated rings. The lowest BCUT2D eigenvalue weighted by atomic mass is 10.2. The van der Waals surface area contributed by atoms with E-state index in [1.165, 1.54) is 0 Å². The van der Waals surface area contributed by atoms with Gasteiger partial charge in [-0.15, -0.1) is 11.6 Å². The summed E-state index contributed by atoms with van der Waals surface area (Å²) in [5.41, 5.74) is 2.28. The summed E-state index contributed by atoms with van der Waals surface area (Å²) in [5, 5.41) is 0. The zero-order chi connectivity index (χ0) is 11.2. The predicted molar refractivity (Wildman–Crippen MR) is 66.8 cm³/mol. The smallest absolute Gasteiger partial charge is 0.119 e. The van der Waals surface area contributed by atoms with E-state index in [1.807, 2.05) is 54.6 Å². The average Bonchev–Trinajstić information content (AvgIpc) is 2.38. The van der Waals surface area contributed by atoms with Gasteiger partial charge in [-0.3, -0.25) is 0 Å². The van der Waals surface area contributed by atoms with Crippen molar-refractivity contribution in [2.45, 2.75) is 12.5 Å². The number of alkyl halides is 1. The minimum Gasteiger partial charge on any atom is -0.489 e. The molecule has 0 amide bonds. The SMILES string of the molecule is ClCc1ccc(COc2ccccc2)cc1. The third-order valence-corrected chi connectivity index (χ3v) is 2.63. The molecule has 16 heavy (non-hydrogen) atoms. The van der Waals surface area contributed by atoms with E-state index < -0.39 is 0 Å². The molecule has 0 aliphatic rings. The van der Waals surface area contributed by atoms with Gasteiger partial charge in [0.05, 0.1) is 0 Å². The van der Waals surface area contributed by atoms with Crippen LogP contribution < -0.4 is 4.74 Å². The van der Waals surface area contributed by atoms with Crippen molar-refractivity contribution in [3.05, 3.63) is 65.7 Å². The summed E-state index contributed by atoms with van der Waals surface area (Å²) in [6.07, 6.45) is 0. The molecule has 2 heteroatoms. The summed E-state index contributed by atoms with van der Waals surface area (Å²) < 4.78 is 5.63. The number of rotatable bonds is 4. The summed E-state index contributed by atoms with van der Waals surface area (Å²) in [4.78, 5) is 0. The highest BCUT2D eigenvalue weighted by Crippen LogP contribution is 2.12. The molecule has 2 aromatic rings. The number of hydrogen-bond acceptors (Lipinski definition) is 1. The van der Waals surface area contributed by atoms with Gasteiger partial charge in [0, 0.05) is 5.88 Å². The average molecular weight is 233 g/mol. The Morgan fingerprint density at radius 2 is 1.44 bits per heavy atom. The van der Waals surface area contributed by atoms with Gasteiger partial charge in [0.1, 0.15) is 12.4 Å². The second-order valence-corrected chi connectivity index (χ2v) is 3.82. The van der Waals surface area contributed by atoms with Crippen LogP contribution in [-0.4, -0.2) is 0 Å². The molecule has 2 rings (SSSR count). The van der Waals surface area contributed by atoms with Crippen LogP contribution in [0.2, 0.25) is 0 Å². The van der Waals surface area contributed by atoms with Crippen LogP contribution in [0.4, 0.5) is 0 Å². The molecule has 0 radical (unpaired) electrons. The van der Waals surface area contributed by atoms with Gasteiger partial charge in [-0.2, -0.15) is 0 Å². The molecule has 0 saturated carbocycles. The van der Waals surface area contributed by atoms with Crippen LogP contribution in [0.25, 0.3) is 0 Å². The van der Waals surface area contributed by atoms with Gasteiger partial charge in [0.25, 0.3) is 0 Å². The van der Waals surface area contributed by atoms with Crippen LogP contribution >= 0.6 is 11.6 Å². The number of para-hydroxylation sites is 1. The van der Waals surface area contributed by atoms with Crippen LogP contribution in [0.3, 0.4) is 0 Å². The first kappa shape index (κ1) is 11.0. The summed E-state index contributed by atoms with van der Waals surface area (Å²) in [6.45, 7) is 0.590. The lowest BCUT2D eigenvalue weighted by Crippen LogP contribution is -1.95. The van der Waals surface area contributed by atoms with Crippen molar-refractivity contribution in [2.24, 2.45) is 0 Å². The molecule has 0 spiro atoms. The minimum absolute atomic E-state index is 0.555. The van der Waals surface area contributed by atoms with Gasteiger partial charge < -0.3 is 4.74 Å². The number of benzene rings is 2. The van der Waals surface area contributed by atoms with Crippen molar-refractivity contribution in [2.75, 3.05) is 0 Å². The Balaban J connectivity index is 1.94. The van der Waals surface area contributed by atoms with Gasteiger partial charge in [0.2, 0.25) is 0 Å². The number of hydrogen-bond donors (Lipinski definition) is 0. The van der Waals surface area contributed by atoms with E-state index >= 15 is 0 Å². The summed E-state index contributed by atoms with van der Waals surface area (Å²) in [7, 11) is 0. The molecular weight excluding hydrogens is 220 g/mol. The maximum Gasteiger partial charge on any atom is 0.119 e. The van der Waals surface area contributed by atoms with E-state index in [4.69, 9.17) is 16.3 Å². The van der Waals surface area contributed by atoms with E-state index in [0.717, 1.165) is 16.9 Å². The summed E-state index contributed by atoms with van der Waals surface area (Å²) in [5.74, 6) is 1.45. The highest BCUT2D eigenvalue weighted by Gasteiger charge is 1.95. The van der Waals surface area contributed by atoms with Crippen molar-refractivity contribution in [3.63, 3.8) is 0 Å². The molecule has 0 N–H and O–H groups in total. The molecule has 82 valence electrons. The molecule has 0 atom stereocenters. The Morgan fingerprint density at radius 3 is 2.06 bits per heavy atom. The fourth-order valence-electron chi connectivity index (χ4n) is 1.41. The van der Waals surface area contributed by atoms with Gasteiger partial charge in [0.15, 0.2) is 0 Å². The molecule has 0 bridgehead atoms. The van der Waals surface area contributed by atoms with Crippen LogP contribution in [-0.2, 0) is 12.5 Å². The second-order valence-electron chi connectivity index (χ2n) is 3.55. The molecule has 0 aromatic heterocycles.